The van der Waals surface area contributed by atoms with E-state index in [1.54, 1.807) is 0 Å². The van der Waals surface area contributed by atoms with Crippen LogP contribution in [0.3, 0.4) is 0 Å². The van der Waals surface area contributed by atoms with E-state index < -0.39 is 46.6 Å². The lowest BCUT2D eigenvalue weighted by molar-refractivity contribution is -0.384. The van der Waals surface area contributed by atoms with Gasteiger partial charge in [0.25, 0.3) is 11.6 Å². The summed E-state index contributed by atoms with van der Waals surface area (Å²) in [5.74, 6) is -1.77. The zero-order chi connectivity index (χ0) is 23.8. The van der Waals surface area contributed by atoms with Crippen molar-refractivity contribution in [1.82, 2.24) is 10.2 Å². The number of nitrogens with zero attached hydrogens (tertiary/aromatic N) is 2. The number of nitro benzene ring substituents is 1. The third kappa shape index (κ3) is 4.35. The molecule has 13 heteroatoms. The Kier molecular flexibility index (Phi) is 5.83. The first-order valence-corrected chi connectivity index (χ1v) is 9.26. The van der Waals surface area contributed by atoms with Gasteiger partial charge in [0.05, 0.1) is 21.2 Å². The minimum absolute atomic E-state index is 0.00922. The Labute approximate surface area is 183 Å². The van der Waals surface area contributed by atoms with E-state index in [2.05, 4.69) is 10.6 Å². The minimum atomic E-state index is -4.65. The van der Waals surface area contributed by atoms with Crippen LogP contribution in [0.1, 0.15) is 18.1 Å². The number of nitrogens with one attached hydrogen (secondary N) is 2. The fraction of sp³-hybridized carbons (Fsp3) is 0.211. The number of carbonyl (C=O) groups is 3. The van der Waals surface area contributed by atoms with Gasteiger partial charge in [-0.05, 0) is 30.7 Å². The largest absolute Gasteiger partial charge is 0.416 e. The van der Waals surface area contributed by atoms with E-state index in [1.807, 2.05) is 0 Å². The van der Waals surface area contributed by atoms with Crippen molar-refractivity contribution in [3.05, 3.63) is 68.7 Å². The Morgan fingerprint density at radius 2 is 1.94 bits per heavy atom. The number of carbonyl (C=O) groups excluding carboxylic acids is 3. The standard InChI is InChI=1S/C19H14ClF3N4O5/c1-18(10-3-2-4-11(7-10)19(21,22)23)16(29)26(17(30)25-18)9-15(28)24-14-6-5-12(27(31)32)8-13(14)20/h2-8H,9H2,1H3,(H,24,28)(H,25,30). The first-order valence-electron chi connectivity index (χ1n) is 8.88. The molecule has 0 aromatic heterocycles. The van der Waals surface area contributed by atoms with Crippen molar-refractivity contribution in [3.63, 3.8) is 0 Å². The van der Waals surface area contributed by atoms with Gasteiger partial charge in [-0.1, -0.05) is 23.7 Å². The summed E-state index contributed by atoms with van der Waals surface area (Å²) in [6.07, 6.45) is -4.65. The zero-order valence-corrected chi connectivity index (χ0v) is 17.0. The van der Waals surface area contributed by atoms with Crippen LogP contribution in [0, 0.1) is 10.1 Å². The van der Waals surface area contributed by atoms with Gasteiger partial charge >= 0.3 is 12.2 Å². The van der Waals surface area contributed by atoms with Crippen LogP contribution < -0.4 is 10.6 Å². The van der Waals surface area contributed by atoms with E-state index in [4.69, 9.17) is 11.6 Å². The molecule has 0 bridgehead atoms. The van der Waals surface area contributed by atoms with Crippen LogP contribution in [0.15, 0.2) is 42.5 Å². The Bertz CT molecular complexity index is 1140. The Morgan fingerprint density at radius 3 is 2.53 bits per heavy atom. The van der Waals surface area contributed by atoms with Crippen LogP contribution in [0.4, 0.5) is 29.3 Å². The van der Waals surface area contributed by atoms with Crippen LogP contribution in [0.2, 0.25) is 5.02 Å². The molecule has 168 valence electrons. The Hall–Kier alpha value is -3.67. The highest BCUT2D eigenvalue weighted by atomic mass is 35.5. The zero-order valence-electron chi connectivity index (χ0n) is 16.2. The number of rotatable bonds is 5. The van der Waals surface area contributed by atoms with Crippen molar-refractivity contribution in [2.45, 2.75) is 18.6 Å². The topological polar surface area (TPSA) is 122 Å². The van der Waals surface area contributed by atoms with Gasteiger partial charge in [0.2, 0.25) is 5.91 Å². The van der Waals surface area contributed by atoms with E-state index in [-0.39, 0.29) is 22.0 Å². The molecule has 1 aliphatic heterocycles. The number of alkyl halides is 3. The number of halogens is 4. The molecule has 3 rings (SSSR count). The van der Waals surface area contributed by atoms with Gasteiger partial charge in [0, 0.05) is 12.1 Å². The second kappa shape index (κ2) is 8.11. The van der Waals surface area contributed by atoms with Gasteiger partial charge in [-0.3, -0.25) is 24.6 Å². The molecule has 0 radical (unpaired) electrons. The van der Waals surface area contributed by atoms with Gasteiger partial charge in [-0.2, -0.15) is 13.2 Å². The lowest BCUT2D eigenvalue weighted by Crippen LogP contribution is -2.42. The molecule has 1 aliphatic rings. The molecule has 4 amide bonds. The molecule has 1 heterocycles. The quantitative estimate of drug-likeness (QED) is 0.392. The monoisotopic (exact) mass is 470 g/mol. The predicted molar refractivity (Wildman–Crippen MR) is 106 cm³/mol. The second-order valence-electron chi connectivity index (χ2n) is 6.99. The Balaban J connectivity index is 1.78. The normalized spacial score (nSPS) is 18.5. The van der Waals surface area contributed by atoms with Crippen molar-refractivity contribution < 1.29 is 32.5 Å². The van der Waals surface area contributed by atoms with Crippen LogP contribution in [0.5, 0.6) is 0 Å². The lowest BCUT2D eigenvalue weighted by Gasteiger charge is -2.23. The highest BCUT2D eigenvalue weighted by Crippen LogP contribution is 2.34. The summed E-state index contributed by atoms with van der Waals surface area (Å²) < 4.78 is 39.1. The molecule has 1 unspecified atom stereocenters. The molecule has 2 aromatic carbocycles. The molecule has 2 N–H and O–H groups in total. The molecule has 1 fully saturated rings. The maximum absolute atomic E-state index is 13.0. The minimum Gasteiger partial charge on any atom is -0.323 e. The summed E-state index contributed by atoms with van der Waals surface area (Å²) in [6.45, 7) is 0.473. The number of non-ortho nitro benzene ring substituents is 1. The number of hydrogen-bond donors (Lipinski definition) is 2. The number of benzene rings is 2. The molecule has 0 saturated carbocycles. The summed E-state index contributed by atoms with van der Waals surface area (Å²) in [7, 11) is 0. The van der Waals surface area contributed by atoms with E-state index in [0.29, 0.717) is 4.90 Å². The van der Waals surface area contributed by atoms with Gasteiger partial charge in [0.1, 0.15) is 12.1 Å². The first-order chi connectivity index (χ1) is 14.8. The van der Waals surface area contributed by atoms with Gasteiger partial charge in [-0.25, -0.2) is 4.79 Å². The third-order valence-electron chi connectivity index (χ3n) is 4.78. The predicted octanol–water partition coefficient (Wildman–Crippen LogP) is 3.67. The third-order valence-corrected chi connectivity index (χ3v) is 5.09. The van der Waals surface area contributed by atoms with Crippen molar-refractivity contribution in [3.8, 4) is 0 Å². The van der Waals surface area contributed by atoms with Gasteiger partial charge in [-0.15, -0.1) is 0 Å². The van der Waals surface area contributed by atoms with Crippen LogP contribution in [-0.2, 0) is 21.3 Å². The fourth-order valence-corrected chi connectivity index (χ4v) is 3.32. The van der Waals surface area contributed by atoms with Crippen LogP contribution in [0.25, 0.3) is 0 Å². The SMILES string of the molecule is CC1(c2cccc(C(F)(F)F)c2)NC(=O)N(CC(=O)Nc2ccc([N+](=O)[O-])cc2Cl)C1=O. The van der Waals surface area contributed by atoms with E-state index in [0.717, 1.165) is 30.3 Å². The molecule has 0 spiro atoms. The molecular formula is C19H14ClF3N4O5. The second-order valence-corrected chi connectivity index (χ2v) is 7.40. The van der Waals surface area contributed by atoms with Crippen molar-refractivity contribution >= 4 is 40.8 Å². The maximum Gasteiger partial charge on any atom is 0.416 e. The smallest absolute Gasteiger partial charge is 0.323 e. The van der Waals surface area contributed by atoms with E-state index in [1.165, 1.54) is 19.1 Å². The molecule has 32 heavy (non-hydrogen) atoms. The summed E-state index contributed by atoms with van der Waals surface area (Å²) in [5, 5.41) is 15.3. The lowest BCUT2D eigenvalue weighted by atomic mass is 9.90. The van der Waals surface area contributed by atoms with Gasteiger partial charge in [0.15, 0.2) is 0 Å². The highest BCUT2D eigenvalue weighted by molar-refractivity contribution is 6.34. The number of urea groups is 1. The highest BCUT2D eigenvalue weighted by Gasteiger charge is 2.50. The fourth-order valence-electron chi connectivity index (χ4n) is 3.10. The maximum atomic E-state index is 13.0. The molecule has 1 saturated heterocycles. The first kappa shape index (κ1) is 23.0. The van der Waals surface area contributed by atoms with Crippen LogP contribution >= 0.6 is 11.6 Å². The summed E-state index contributed by atoms with van der Waals surface area (Å²) in [6, 6.07) is 6.25. The summed E-state index contributed by atoms with van der Waals surface area (Å²) >= 11 is 5.90. The van der Waals surface area contributed by atoms with Gasteiger partial charge < -0.3 is 10.6 Å². The number of imide groups is 1. The van der Waals surface area contributed by atoms with Crippen molar-refractivity contribution in [1.29, 1.82) is 0 Å². The average Bonchev–Trinajstić information content (AvgIpc) is 2.93. The number of nitro groups is 1. The van der Waals surface area contributed by atoms with E-state index >= 15 is 0 Å². The molecule has 2 aromatic rings. The van der Waals surface area contributed by atoms with E-state index in [9.17, 15) is 37.7 Å². The van der Waals surface area contributed by atoms with Crippen molar-refractivity contribution in [2.24, 2.45) is 0 Å². The number of amides is 4. The molecule has 9 nitrogen and oxygen atoms in total. The summed E-state index contributed by atoms with van der Waals surface area (Å²) in [5.41, 5.74) is -3.22. The molecular weight excluding hydrogens is 457 g/mol. The Morgan fingerprint density at radius 1 is 1.25 bits per heavy atom. The average molecular weight is 471 g/mol. The number of hydrogen-bond acceptors (Lipinski definition) is 5. The number of anilines is 1. The summed E-state index contributed by atoms with van der Waals surface area (Å²) in [4.78, 5) is 48.1. The molecule has 0 aliphatic carbocycles. The van der Waals surface area contributed by atoms with Crippen molar-refractivity contribution in [2.75, 3.05) is 11.9 Å². The molecule has 1 atom stereocenters. The van der Waals surface area contributed by atoms with Crippen LogP contribution in [-0.4, -0.2) is 34.2 Å².